The van der Waals surface area contributed by atoms with E-state index >= 15 is 0 Å². The summed E-state index contributed by atoms with van der Waals surface area (Å²) in [4.78, 5) is 11.6. The molecule has 2 rings (SSSR count). The number of nitrogens with one attached hydrogen (secondary N) is 1. The number of aryl methyl sites for hydroxylation is 1. The van der Waals surface area contributed by atoms with Crippen molar-refractivity contribution in [3.8, 4) is 11.4 Å². The lowest BCUT2D eigenvalue weighted by Crippen LogP contribution is -2.14. The molecule has 4 nitrogen and oxygen atoms in total. The SMILES string of the molecule is COc1ccccc1-n1[nH]c(C)cc1=O. The fraction of sp³-hybridized carbons (Fsp3) is 0.182. The Hall–Kier alpha value is -1.97. The minimum absolute atomic E-state index is 0.0861. The molecule has 1 aromatic carbocycles. The van der Waals surface area contributed by atoms with Crippen LogP contribution in [-0.4, -0.2) is 16.9 Å². The topological polar surface area (TPSA) is 47.0 Å². The fourth-order valence-electron chi connectivity index (χ4n) is 1.51. The van der Waals surface area contributed by atoms with Crippen molar-refractivity contribution in [3.05, 3.63) is 46.4 Å². The van der Waals surface area contributed by atoms with Gasteiger partial charge in [0.25, 0.3) is 5.56 Å². The van der Waals surface area contributed by atoms with Crippen LogP contribution >= 0.6 is 0 Å². The van der Waals surface area contributed by atoms with E-state index in [9.17, 15) is 4.79 Å². The molecule has 0 unspecified atom stereocenters. The molecule has 2 aromatic rings. The maximum absolute atomic E-state index is 11.6. The highest BCUT2D eigenvalue weighted by Gasteiger charge is 2.07. The molecule has 0 aliphatic carbocycles. The van der Waals surface area contributed by atoms with Crippen LogP contribution in [0.1, 0.15) is 5.69 Å². The third-order valence-electron chi connectivity index (χ3n) is 2.17. The molecule has 1 heterocycles. The number of aromatic nitrogens is 2. The van der Waals surface area contributed by atoms with Crippen molar-refractivity contribution in [2.24, 2.45) is 0 Å². The van der Waals surface area contributed by atoms with E-state index in [1.54, 1.807) is 13.2 Å². The van der Waals surface area contributed by atoms with Crippen molar-refractivity contribution < 1.29 is 4.74 Å². The molecular weight excluding hydrogens is 192 g/mol. The van der Waals surface area contributed by atoms with E-state index in [-0.39, 0.29) is 5.56 Å². The highest BCUT2D eigenvalue weighted by Crippen LogP contribution is 2.19. The molecular formula is C11H12N2O2. The molecule has 0 bridgehead atoms. The van der Waals surface area contributed by atoms with E-state index in [0.29, 0.717) is 5.75 Å². The van der Waals surface area contributed by atoms with Gasteiger partial charge in [0, 0.05) is 11.8 Å². The highest BCUT2D eigenvalue weighted by molar-refractivity contribution is 5.45. The molecule has 0 atom stereocenters. The molecule has 1 aromatic heterocycles. The van der Waals surface area contributed by atoms with Gasteiger partial charge in [-0.2, -0.15) is 0 Å². The maximum atomic E-state index is 11.6. The summed E-state index contributed by atoms with van der Waals surface area (Å²) >= 11 is 0. The maximum Gasteiger partial charge on any atom is 0.271 e. The number of aromatic amines is 1. The van der Waals surface area contributed by atoms with Crippen LogP contribution in [0, 0.1) is 6.92 Å². The molecule has 0 aliphatic rings. The number of para-hydroxylation sites is 2. The summed E-state index contributed by atoms with van der Waals surface area (Å²) in [5.41, 5.74) is 1.46. The van der Waals surface area contributed by atoms with Gasteiger partial charge in [0.15, 0.2) is 0 Å². The summed E-state index contributed by atoms with van der Waals surface area (Å²) in [6.07, 6.45) is 0. The monoisotopic (exact) mass is 204 g/mol. The van der Waals surface area contributed by atoms with Gasteiger partial charge in [0.1, 0.15) is 11.4 Å². The van der Waals surface area contributed by atoms with Crippen LogP contribution in [0.15, 0.2) is 35.1 Å². The summed E-state index contributed by atoms with van der Waals surface area (Å²) in [6, 6.07) is 8.92. The third kappa shape index (κ3) is 1.66. The number of benzene rings is 1. The van der Waals surface area contributed by atoms with E-state index in [1.165, 1.54) is 4.68 Å². The number of ether oxygens (including phenoxy) is 1. The second-order valence-corrected chi connectivity index (χ2v) is 3.28. The molecule has 0 amide bonds. The minimum atomic E-state index is -0.0861. The van der Waals surface area contributed by atoms with Crippen LogP contribution in [-0.2, 0) is 0 Å². The Labute approximate surface area is 87.1 Å². The van der Waals surface area contributed by atoms with Gasteiger partial charge in [0.05, 0.1) is 7.11 Å². The first-order valence-electron chi connectivity index (χ1n) is 4.64. The molecule has 0 radical (unpaired) electrons. The lowest BCUT2D eigenvalue weighted by atomic mass is 10.3. The Bertz CT molecular complexity index is 525. The van der Waals surface area contributed by atoms with Crippen molar-refractivity contribution in [2.45, 2.75) is 6.92 Å². The largest absolute Gasteiger partial charge is 0.494 e. The Morgan fingerprint density at radius 3 is 2.67 bits per heavy atom. The third-order valence-corrected chi connectivity index (χ3v) is 2.17. The van der Waals surface area contributed by atoms with Crippen molar-refractivity contribution in [2.75, 3.05) is 7.11 Å². The Morgan fingerprint density at radius 2 is 2.07 bits per heavy atom. The van der Waals surface area contributed by atoms with E-state index < -0.39 is 0 Å². The van der Waals surface area contributed by atoms with Gasteiger partial charge in [0.2, 0.25) is 0 Å². The summed E-state index contributed by atoms with van der Waals surface area (Å²) in [5.74, 6) is 0.668. The summed E-state index contributed by atoms with van der Waals surface area (Å²) in [6.45, 7) is 1.84. The molecule has 1 N–H and O–H groups in total. The van der Waals surface area contributed by atoms with E-state index in [2.05, 4.69) is 5.10 Å². The van der Waals surface area contributed by atoms with Crippen LogP contribution in [0.4, 0.5) is 0 Å². The Morgan fingerprint density at radius 1 is 1.33 bits per heavy atom. The first-order valence-corrected chi connectivity index (χ1v) is 4.64. The lowest BCUT2D eigenvalue weighted by molar-refractivity contribution is 0.411. The lowest BCUT2D eigenvalue weighted by Gasteiger charge is -2.07. The zero-order chi connectivity index (χ0) is 10.8. The summed E-state index contributed by atoms with van der Waals surface area (Å²) < 4.78 is 6.65. The van der Waals surface area contributed by atoms with E-state index in [4.69, 9.17) is 4.74 Å². The molecule has 4 heteroatoms. The van der Waals surface area contributed by atoms with Crippen LogP contribution in [0.5, 0.6) is 5.75 Å². The van der Waals surface area contributed by atoms with Crippen LogP contribution in [0.25, 0.3) is 5.69 Å². The standard InChI is InChI=1S/C11H12N2O2/c1-8-7-11(14)13(12-8)9-5-3-4-6-10(9)15-2/h3-7,12H,1-2H3. The van der Waals surface area contributed by atoms with Crippen LogP contribution < -0.4 is 10.3 Å². The Kier molecular flexibility index (Phi) is 2.33. The normalized spacial score (nSPS) is 10.3. The second kappa shape index (κ2) is 3.65. The predicted molar refractivity (Wildman–Crippen MR) is 57.7 cm³/mol. The van der Waals surface area contributed by atoms with Gasteiger partial charge >= 0.3 is 0 Å². The van der Waals surface area contributed by atoms with Gasteiger partial charge in [-0.05, 0) is 19.1 Å². The van der Waals surface area contributed by atoms with Gasteiger partial charge in [-0.15, -0.1) is 0 Å². The van der Waals surface area contributed by atoms with Gasteiger partial charge in [-0.3, -0.25) is 9.89 Å². The second-order valence-electron chi connectivity index (χ2n) is 3.28. The zero-order valence-corrected chi connectivity index (χ0v) is 8.65. The van der Waals surface area contributed by atoms with Crippen molar-refractivity contribution >= 4 is 0 Å². The number of hydrogen-bond donors (Lipinski definition) is 1. The average molecular weight is 204 g/mol. The summed E-state index contributed by atoms with van der Waals surface area (Å²) in [5, 5.41) is 2.96. The van der Waals surface area contributed by atoms with Gasteiger partial charge < -0.3 is 4.74 Å². The average Bonchev–Trinajstić information content (AvgIpc) is 2.57. The Balaban J connectivity index is 2.63. The van der Waals surface area contributed by atoms with Gasteiger partial charge in [-0.1, -0.05) is 12.1 Å². The number of rotatable bonds is 2. The van der Waals surface area contributed by atoms with Crippen LogP contribution in [0.3, 0.4) is 0 Å². The predicted octanol–water partition coefficient (Wildman–Crippen LogP) is 1.48. The zero-order valence-electron chi connectivity index (χ0n) is 8.65. The molecule has 0 saturated carbocycles. The quantitative estimate of drug-likeness (QED) is 0.805. The molecule has 78 valence electrons. The van der Waals surface area contributed by atoms with Crippen molar-refractivity contribution in [1.82, 2.24) is 9.78 Å². The van der Waals surface area contributed by atoms with Crippen molar-refractivity contribution in [3.63, 3.8) is 0 Å². The molecule has 0 aliphatic heterocycles. The summed E-state index contributed by atoms with van der Waals surface area (Å²) in [7, 11) is 1.58. The smallest absolute Gasteiger partial charge is 0.271 e. The number of methoxy groups -OCH3 is 1. The number of H-pyrrole nitrogens is 1. The molecule has 0 fully saturated rings. The van der Waals surface area contributed by atoms with Crippen LogP contribution in [0.2, 0.25) is 0 Å². The van der Waals surface area contributed by atoms with E-state index in [1.807, 2.05) is 31.2 Å². The van der Waals surface area contributed by atoms with E-state index in [0.717, 1.165) is 11.4 Å². The highest BCUT2D eigenvalue weighted by atomic mass is 16.5. The van der Waals surface area contributed by atoms with Gasteiger partial charge in [-0.25, -0.2) is 4.68 Å². The molecule has 0 spiro atoms. The number of hydrogen-bond acceptors (Lipinski definition) is 2. The van der Waals surface area contributed by atoms with Crippen molar-refractivity contribution in [1.29, 1.82) is 0 Å². The minimum Gasteiger partial charge on any atom is -0.494 e. The molecule has 0 saturated heterocycles. The first kappa shape index (κ1) is 9.58. The molecule has 15 heavy (non-hydrogen) atoms. The number of nitrogens with zero attached hydrogens (tertiary/aromatic N) is 1. The first-order chi connectivity index (χ1) is 7.22. The fourth-order valence-corrected chi connectivity index (χ4v) is 1.51.